The van der Waals surface area contributed by atoms with E-state index in [1.807, 2.05) is 25.1 Å². The normalized spacial score (nSPS) is 10.8. The number of hydrogen-bond acceptors (Lipinski definition) is 4. The average Bonchev–Trinajstić information content (AvgIpc) is 2.44. The van der Waals surface area contributed by atoms with E-state index in [0.29, 0.717) is 22.5 Å². The minimum Gasteiger partial charge on any atom is -0.399 e. The Balaban J connectivity index is 2.07. The van der Waals surface area contributed by atoms with Crippen LogP contribution in [0.3, 0.4) is 0 Å². The van der Waals surface area contributed by atoms with Gasteiger partial charge in [0.15, 0.2) is 0 Å². The first-order valence-electron chi connectivity index (χ1n) is 6.36. The van der Waals surface area contributed by atoms with Crippen LogP contribution in [0.15, 0.2) is 45.7 Å². The molecule has 0 fully saturated rings. The van der Waals surface area contributed by atoms with E-state index < -0.39 is 0 Å². The molecule has 1 heterocycles. The molecule has 3 rings (SSSR count). The fourth-order valence-electron chi connectivity index (χ4n) is 2.08. The summed E-state index contributed by atoms with van der Waals surface area (Å²) in [6.45, 7) is 2.00. The van der Waals surface area contributed by atoms with Gasteiger partial charge in [0, 0.05) is 10.2 Å². The van der Waals surface area contributed by atoms with Gasteiger partial charge < -0.3 is 11.1 Å². The Kier molecular flexibility index (Phi) is 3.39. The lowest BCUT2D eigenvalue weighted by molar-refractivity contribution is 1.17. The second-order valence-corrected chi connectivity index (χ2v) is 5.65. The summed E-state index contributed by atoms with van der Waals surface area (Å²) < 4.78 is 0.896. The van der Waals surface area contributed by atoms with Gasteiger partial charge in [-0.15, -0.1) is 0 Å². The Morgan fingerprint density at radius 2 is 2.05 bits per heavy atom. The Morgan fingerprint density at radius 3 is 2.86 bits per heavy atom. The molecule has 4 N–H and O–H groups in total. The van der Waals surface area contributed by atoms with Crippen LogP contribution in [-0.4, -0.2) is 9.97 Å². The molecule has 5 nitrogen and oxygen atoms in total. The molecule has 21 heavy (non-hydrogen) atoms. The molecule has 0 aliphatic carbocycles. The van der Waals surface area contributed by atoms with Crippen molar-refractivity contribution >= 4 is 44.2 Å². The molecule has 0 radical (unpaired) electrons. The largest absolute Gasteiger partial charge is 0.399 e. The lowest BCUT2D eigenvalue weighted by Gasteiger charge is -2.09. The van der Waals surface area contributed by atoms with Crippen LogP contribution in [0.5, 0.6) is 0 Å². The van der Waals surface area contributed by atoms with Crippen molar-refractivity contribution in [3.63, 3.8) is 0 Å². The van der Waals surface area contributed by atoms with Crippen LogP contribution in [-0.2, 0) is 0 Å². The molecule has 0 saturated heterocycles. The zero-order chi connectivity index (χ0) is 15.0. The van der Waals surface area contributed by atoms with Crippen LogP contribution in [0.25, 0.3) is 10.9 Å². The Morgan fingerprint density at radius 1 is 1.24 bits per heavy atom. The summed E-state index contributed by atoms with van der Waals surface area (Å²) in [5.74, 6) is 0.392. The van der Waals surface area contributed by atoms with Crippen LogP contribution in [0.1, 0.15) is 5.56 Å². The van der Waals surface area contributed by atoms with E-state index in [0.717, 1.165) is 15.7 Å². The van der Waals surface area contributed by atoms with Crippen LogP contribution >= 0.6 is 15.9 Å². The maximum Gasteiger partial charge on any atom is 0.260 e. The molecule has 1 aromatic heterocycles. The molecule has 0 aliphatic heterocycles. The summed E-state index contributed by atoms with van der Waals surface area (Å²) >= 11 is 3.47. The highest BCUT2D eigenvalue weighted by Crippen LogP contribution is 2.25. The van der Waals surface area contributed by atoms with Crippen molar-refractivity contribution in [1.82, 2.24) is 9.97 Å². The van der Waals surface area contributed by atoms with Gasteiger partial charge in [0.2, 0.25) is 5.95 Å². The standard InChI is InChI=1S/C15H13BrN4O/c1-8-2-4-11(16)13(6-8)19-15-18-12-5-3-9(17)7-10(12)14(21)20-15/h2-7H,17H2,1H3,(H2,18,19,20,21). The van der Waals surface area contributed by atoms with Gasteiger partial charge in [-0.3, -0.25) is 9.78 Å². The van der Waals surface area contributed by atoms with E-state index in [1.165, 1.54) is 0 Å². The number of halogens is 1. The van der Waals surface area contributed by atoms with Crippen LogP contribution in [0.4, 0.5) is 17.3 Å². The summed E-state index contributed by atoms with van der Waals surface area (Å²) in [7, 11) is 0. The number of aryl methyl sites for hydroxylation is 1. The summed E-state index contributed by atoms with van der Waals surface area (Å²) in [6, 6.07) is 11.0. The van der Waals surface area contributed by atoms with Gasteiger partial charge in [0.05, 0.1) is 16.6 Å². The van der Waals surface area contributed by atoms with E-state index in [4.69, 9.17) is 5.73 Å². The number of hydrogen-bond donors (Lipinski definition) is 3. The minimum atomic E-state index is -0.224. The van der Waals surface area contributed by atoms with Gasteiger partial charge in [0.1, 0.15) is 0 Å². The topological polar surface area (TPSA) is 83.8 Å². The van der Waals surface area contributed by atoms with Crippen molar-refractivity contribution in [2.24, 2.45) is 0 Å². The molecular weight excluding hydrogens is 332 g/mol. The number of nitrogens with zero attached hydrogens (tertiary/aromatic N) is 1. The first kappa shape index (κ1) is 13.6. The lowest BCUT2D eigenvalue weighted by atomic mass is 10.2. The first-order chi connectivity index (χ1) is 10.0. The molecule has 0 unspecified atom stereocenters. The predicted molar refractivity (Wildman–Crippen MR) is 88.9 cm³/mol. The second kappa shape index (κ2) is 5.21. The number of aromatic nitrogens is 2. The molecule has 0 aliphatic rings. The van der Waals surface area contributed by atoms with E-state index in [9.17, 15) is 4.79 Å². The third-order valence-electron chi connectivity index (χ3n) is 3.10. The summed E-state index contributed by atoms with van der Waals surface area (Å²) in [5, 5.41) is 3.59. The molecule has 0 amide bonds. The number of nitrogen functional groups attached to an aromatic ring is 1. The summed E-state index contributed by atoms with van der Waals surface area (Å²) in [5.41, 5.74) is 8.55. The van der Waals surface area contributed by atoms with Crippen molar-refractivity contribution < 1.29 is 0 Å². The fourth-order valence-corrected chi connectivity index (χ4v) is 2.42. The van der Waals surface area contributed by atoms with Crippen LogP contribution < -0.4 is 16.6 Å². The maximum absolute atomic E-state index is 12.1. The van der Waals surface area contributed by atoms with Gasteiger partial charge in [-0.05, 0) is 58.7 Å². The van der Waals surface area contributed by atoms with Gasteiger partial charge >= 0.3 is 0 Å². The minimum absolute atomic E-state index is 0.224. The predicted octanol–water partition coefficient (Wildman–Crippen LogP) is 3.32. The summed E-state index contributed by atoms with van der Waals surface area (Å²) in [4.78, 5) is 19.2. The zero-order valence-electron chi connectivity index (χ0n) is 11.3. The van der Waals surface area contributed by atoms with Gasteiger partial charge in [0.25, 0.3) is 5.56 Å². The number of anilines is 3. The number of aromatic amines is 1. The second-order valence-electron chi connectivity index (χ2n) is 4.80. The van der Waals surface area contributed by atoms with E-state index in [-0.39, 0.29) is 5.56 Å². The smallest absolute Gasteiger partial charge is 0.260 e. The maximum atomic E-state index is 12.1. The van der Waals surface area contributed by atoms with E-state index in [2.05, 4.69) is 31.2 Å². The number of H-pyrrole nitrogens is 1. The fraction of sp³-hybridized carbons (Fsp3) is 0.0667. The molecule has 2 aromatic carbocycles. The van der Waals surface area contributed by atoms with Crippen molar-refractivity contribution in [2.45, 2.75) is 6.92 Å². The molecule has 3 aromatic rings. The Labute approximate surface area is 129 Å². The highest BCUT2D eigenvalue weighted by molar-refractivity contribution is 9.10. The Hall–Kier alpha value is -2.34. The SMILES string of the molecule is Cc1ccc(Br)c(Nc2nc3ccc(N)cc3c(=O)[nH]2)c1. The number of benzene rings is 2. The van der Waals surface area contributed by atoms with Gasteiger partial charge in [-0.25, -0.2) is 4.98 Å². The Bertz CT molecular complexity index is 888. The van der Waals surface area contributed by atoms with Crippen LogP contribution in [0, 0.1) is 6.92 Å². The quantitative estimate of drug-likeness (QED) is 0.622. The van der Waals surface area contributed by atoms with Crippen molar-refractivity contribution in [2.75, 3.05) is 11.1 Å². The average molecular weight is 345 g/mol. The number of nitrogens with one attached hydrogen (secondary N) is 2. The monoisotopic (exact) mass is 344 g/mol. The first-order valence-corrected chi connectivity index (χ1v) is 7.15. The van der Waals surface area contributed by atoms with Gasteiger partial charge in [-0.1, -0.05) is 6.07 Å². The third kappa shape index (κ3) is 2.75. The lowest BCUT2D eigenvalue weighted by Crippen LogP contribution is -2.11. The third-order valence-corrected chi connectivity index (χ3v) is 3.80. The molecule has 6 heteroatoms. The summed E-state index contributed by atoms with van der Waals surface area (Å²) in [6.07, 6.45) is 0. The zero-order valence-corrected chi connectivity index (χ0v) is 12.9. The highest BCUT2D eigenvalue weighted by atomic mass is 79.9. The molecule has 0 spiro atoms. The number of fused-ring (bicyclic) bond motifs is 1. The number of rotatable bonds is 2. The molecule has 0 saturated carbocycles. The molecule has 0 bridgehead atoms. The van der Waals surface area contributed by atoms with Crippen molar-refractivity contribution in [1.29, 1.82) is 0 Å². The highest BCUT2D eigenvalue weighted by Gasteiger charge is 2.06. The molecule has 106 valence electrons. The molecular formula is C15H13BrN4O. The number of nitrogens with two attached hydrogens (primary N) is 1. The molecule has 0 atom stereocenters. The van der Waals surface area contributed by atoms with Crippen LogP contribution in [0.2, 0.25) is 0 Å². The van der Waals surface area contributed by atoms with E-state index >= 15 is 0 Å². The van der Waals surface area contributed by atoms with E-state index in [1.54, 1.807) is 18.2 Å². The van der Waals surface area contributed by atoms with Crippen molar-refractivity contribution in [3.8, 4) is 0 Å². The van der Waals surface area contributed by atoms with Crippen molar-refractivity contribution in [3.05, 3.63) is 56.8 Å². The van der Waals surface area contributed by atoms with Gasteiger partial charge in [-0.2, -0.15) is 0 Å².